The maximum atomic E-state index is 13.2. The zero-order chi connectivity index (χ0) is 18.9. The molecule has 1 aromatic heterocycles. The highest BCUT2D eigenvalue weighted by atomic mass is 19.1. The van der Waals surface area contributed by atoms with Crippen LogP contribution in [-0.4, -0.2) is 46.2 Å². The number of halogens is 1. The van der Waals surface area contributed by atoms with Crippen LogP contribution in [0.15, 0.2) is 48.7 Å². The topological polar surface area (TPSA) is 53.5 Å². The van der Waals surface area contributed by atoms with Crippen molar-refractivity contribution >= 4 is 11.8 Å². The molecule has 1 spiro atoms. The summed E-state index contributed by atoms with van der Waals surface area (Å²) >= 11 is 0. The van der Waals surface area contributed by atoms with Crippen LogP contribution in [0.4, 0.5) is 4.39 Å². The first-order valence-corrected chi connectivity index (χ1v) is 9.32. The van der Waals surface area contributed by atoms with Crippen molar-refractivity contribution in [3.05, 3.63) is 65.7 Å². The molecule has 2 aliphatic heterocycles. The summed E-state index contributed by atoms with van der Waals surface area (Å²) < 4.78 is 13.1. The van der Waals surface area contributed by atoms with Crippen LogP contribution in [0.3, 0.4) is 0 Å². The first-order valence-electron chi connectivity index (χ1n) is 9.32. The van der Waals surface area contributed by atoms with E-state index in [1.807, 2.05) is 4.90 Å². The smallest absolute Gasteiger partial charge is 0.272 e. The lowest BCUT2D eigenvalue weighted by Crippen LogP contribution is -2.50. The van der Waals surface area contributed by atoms with Crippen molar-refractivity contribution < 1.29 is 14.0 Å². The maximum Gasteiger partial charge on any atom is 0.272 e. The van der Waals surface area contributed by atoms with Gasteiger partial charge in [-0.1, -0.05) is 18.2 Å². The molecule has 0 bridgehead atoms. The van der Waals surface area contributed by atoms with Crippen molar-refractivity contribution in [2.24, 2.45) is 5.41 Å². The van der Waals surface area contributed by atoms with E-state index < -0.39 is 5.41 Å². The highest BCUT2D eigenvalue weighted by molar-refractivity contribution is 5.93. The van der Waals surface area contributed by atoms with E-state index in [2.05, 4.69) is 4.98 Å². The first kappa shape index (κ1) is 17.6. The van der Waals surface area contributed by atoms with Crippen LogP contribution >= 0.6 is 0 Å². The number of nitrogens with zero attached hydrogens (tertiary/aromatic N) is 3. The molecule has 1 aromatic carbocycles. The Hall–Kier alpha value is -2.76. The monoisotopic (exact) mass is 367 g/mol. The fourth-order valence-electron chi connectivity index (χ4n) is 4.19. The number of benzene rings is 1. The van der Waals surface area contributed by atoms with Crippen LogP contribution in [0.25, 0.3) is 0 Å². The van der Waals surface area contributed by atoms with Crippen molar-refractivity contribution in [1.29, 1.82) is 0 Å². The van der Waals surface area contributed by atoms with E-state index >= 15 is 0 Å². The number of carbonyl (C=O) groups is 2. The van der Waals surface area contributed by atoms with Gasteiger partial charge in [-0.25, -0.2) is 4.39 Å². The molecule has 3 heterocycles. The minimum Gasteiger partial charge on any atom is -0.338 e. The number of hydrogen-bond donors (Lipinski definition) is 0. The van der Waals surface area contributed by atoms with Gasteiger partial charge in [0, 0.05) is 32.4 Å². The Bertz CT molecular complexity index is 840. The van der Waals surface area contributed by atoms with Gasteiger partial charge in [0.15, 0.2) is 0 Å². The molecule has 6 heteroatoms. The Labute approximate surface area is 157 Å². The lowest BCUT2D eigenvalue weighted by molar-refractivity contribution is -0.146. The predicted molar refractivity (Wildman–Crippen MR) is 98.2 cm³/mol. The van der Waals surface area contributed by atoms with Crippen LogP contribution in [-0.2, 0) is 11.3 Å². The van der Waals surface area contributed by atoms with Crippen molar-refractivity contribution in [3.63, 3.8) is 0 Å². The van der Waals surface area contributed by atoms with Gasteiger partial charge in [-0.05, 0) is 49.1 Å². The number of hydrogen-bond acceptors (Lipinski definition) is 3. The third kappa shape index (κ3) is 3.44. The quantitative estimate of drug-likeness (QED) is 0.838. The molecule has 0 aliphatic carbocycles. The van der Waals surface area contributed by atoms with E-state index in [1.165, 1.54) is 12.1 Å². The molecule has 2 saturated heterocycles. The molecule has 27 heavy (non-hydrogen) atoms. The van der Waals surface area contributed by atoms with E-state index in [9.17, 15) is 14.0 Å². The fourth-order valence-corrected chi connectivity index (χ4v) is 4.19. The van der Waals surface area contributed by atoms with Crippen LogP contribution < -0.4 is 0 Å². The van der Waals surface area contributed by atoms with E-state index in [4.69, 9.17) is 0 Å². The number of likely N-dealkylation sites (tertiary alicyclic amines) is 2. The molecule has 140 valence electrons. The lowest BCUT2D eigenvalue weighted by atomic mass is 9.78. The van der Waals surface area contributed by atoms with Gasteiger partial charge in [0.25, 0.3) is 5.91 Å². The third-order valence-corrected chi connectivity index (χ3v) is 5.64. The van der Waals surface area contributed by atoms with E-state index in [0.29, 0.717) is 38.3 Å². The van der Waals surface area contributed by atoms with E-state index in [0.717, 1.165) is 18.4 Å². The highest BCUT2D eigenvalue weighted by Crippen LogP contribution is 2.40. The third-order valence-electron chi connectivity index (χ3n) is 5.64. The van der Waals surface area contributed by atoms with Crippen molar-refractivity contribution in [2.45, 2.75) is 25.8 Å². The van der Waals surface area contributed by atoms with Gasteiger partial charge in [0.05, 0.1) is 5.41 Å². The van der Waals surface area contributed by atoms with Crippen LogP contribution in [0, 0.1) is 11.2 Å². The fraction of sp³-hybridized carbons (Fsp3) is 0.381. The number of carbonyl (C=O) groups excluding carboxylic acids is 2. The van der Waals surface area contributed by atoms with E-state index in [1.54, 1.807) is 41.4 Å². The number of aromatic nitrogens is 1. The summed E-state index contributed by atoms with van der Waals surface area (Å²) in [5.41, 5.74) is 0.838. The maximum absolute atomic E-state index is 13.2. The largest absolute Gasteiger partial charge is 0.338 e. The molecular formula is C21H22FN3O2. The Morgan fingerprint density at radius 1 is 1.11 bits per heavy atom. The summed E-state index contributed by atoms with van der Waals surface area (Å²) in [5.74, 6) is -0.287. The lowest BCUT2D eigenvalue weighted by Gasteiger charge is -2.39. The molecule has 0 saturated carbocycles. The standard InChI is InChI=1S/C21H22FN3O2/c22-17-7-5-16(6-8-17)14-24-12-3-9-21(20(24)27)10-13-25(15-21)19(26)18-4-1-2-11-23-18/h1-2,4-8,11H,3,9-10,12-15H2. The second-order valence-corrected chi connectivity index (χ2v) is 7.43. The summed E-state index contributed by atoms with van der Waals surface area (Å²) in [6, 6.07) is 11.6. The van der Waals surface area contributed by atoms with Gasteiger partial charge < -0.3 is 9.80 Å². The summed E-state index contributed by atoms with van der Waals surface area (Å²) in [6.07, 6.45) is 4.01. The molecule has 0 radical (unpaired) electrons. The summed E-state index contributed by atoms with van der Waals surface area (Å²) in [6.45, 7) is 2.20. The molecule has 2 aromatic rings. The SMILES string of the molecule is O=C(c1ccccn1)N1CCC2(CCCN(Cc3ccc(F)cc3)C2=O)C1. The Balaban J connectivity index is 1.47. The minimum atomic E-state index is -0.497. The number of rotatable bonds is 3. The van der Waals surface area contributed by atoms with Crippen molar-refractivity contribution in [3.8, 4) is 0 Å². The summed E-state index contributed by atoms with van der Waals surface area (Å²) in [5, 5.41) is 0. The molecule has 2 amide bonds. The van der Waals surface area contributed by atoms with Gasteiger partial charge in [0.1, 0.15) is 11.5 Å². The average Bonchev–Trinajstić information content (AvgIpc) is 3.12. The second-order valence-electron chi connectivity index (χ2n) is 7.43. The molecule has 5 nitrogen and oxygen atoms in total. The van der Waals surface area contributed by atoms with Gasteiger partial charge in [-0.15, -0.1) is 0 Å². The van der Waals surface area contributed by atoms with Gasteiger partial charge >= 0.3 is 0 Å². The van der Waals surface area contributed by atoms with Gasteiger partial charge in [-0.2, -0.15) is 0 Å². The highest BCUT2D eigenvalue weighted by Gasteiger charge is 2.49. The molecule has 0 N–H and O–H groups in total. The molecule has 2 fully saturated rings. The summed E-state index contributed by atoms with van der Waals surface area (Å²) in [7, 11) is 0. The normalized spacial score (nSPS) is 22.5. The Morgan fingerprint density at radius 2 is 1.93 bits per heavy atom. The number of amides is 2. The molecule has 4 rings (SSSR count). The minimum absolute atomic E-state index is 0.106. The Kier molecular flexibility index (Phi) is 4.64. The zero-order valence-corrected chi connectivity index (χ0v) is 15.1. The number of pyridine rings is 1. The van der Waals surface area contributed by atoms with E-state index in [-0.39, 0.29) is 17.6 Å². The Morgan fingerprint density at radius 3 is 2.67 bits per heavy atom. The average molecular weight is 367 g/mol. The van der Waals surface area contributed by atoms with Gasteiger partial charge in [0.2, 0.25) is 5.91 Å². The van der Waals surface area contributed by atoms with Crippen LogP contribution in [0.5, 0.6) is 0 Å². The molecule has 1 atom stereocenters. The summed E-state index contributed by atoms with van der Waals surface area (Å²) in [4.78, 5) is 33.7. The van der Waals surface area contributed by atoms with Crippen LogP contribution in [0.1, 0.15) is 35.3 Å². The number of piperidine rings is 1. The van der Waals surface area contributed by atoms with Gasteiger partial charge in [-0.3, -0.25) is 14.6 Å². The molecular weight excluding hydrogens is 345 g/mol. The predicted octanol–water partition coefficient (Wildman–Crippen LogP) is 2.88. The van der Waals surface area contributed by atoms with Crippen LogP contribution in [0.2, 0.25) is 0 Å². The molecule has 1 unspecified atom stereocenters. The van der Waals surface area contributed by atoms with Crippen molar-refractivity contribution in [1.82, 2.24) is 14.8 Å². The zero-order valence-electron chi connectivity index (χ0n) is 15.1. The molecule has 2 aliphatic rings. The van der Waals surface area contributed by atoms with Crippen molar-refractivity contribution in [2.75, 3.05) is 19.6 Å². The first-order chi connectivity index (χ1) is 13.1. The second kappa shape index (κ2) is 7.10.